The highest BCUT2D eigenvalue weighted by Crippen LogP contribution is 2.37. The average molecular weight is 333 g/mol. The van der Waals surface area contributed by atoms with Crippen molar-refractivity contribution in [1.29, 1.82) is 0 Å². The van der Waals surface area contributed by atoms with Crippen LogP contribution in [0.15, 0.2) is 39.6 Å². The maximum Gasteiger partial charge on any atom is 0.243 e. The summed E-state index contributed by atoms with van der Waals surface area (Å²) >= 11 is 0. The largest absolute Gasteiger partial charge is 0.465 e. The Morgan fingerprint density at radius 3 is 2.74 bits per heavy atom. The lowest BCUT2D eigenvalue weighted by molar-refractivity contribution is 0.134. The Labute approximate surface area is 135 Å². The van der Waals surface area contributed by atoms with Crippen molar-refractivity contribution >= 4 is 10.0 Å². The first-order valence-corrected chi connectivity index (χ1v) is 9.27. The highest BCUT2D eigenvalue weighted by molar-refractivity contribution is 7.89. The molecule has 1 saturated heterocycles. The van der Waals surface area contributed by atoms with Gasteiger partial charge in [0.1, 0.15) is 11.5 Å². The summed E-state index contributed by atoms with van der Waals surface area (Å²) in [5.74, 6) is 1.53. The van der Waals surface area contributed by atoms with Crippen LogP contribution in [0.1, 0.15) is 41.5 Å². The highest BCUT2D eigenvalue weighted by Gasteiger charge is 2.38. The molecule has 23 heavy (non-hydrogen) atoms. The number of fused-ring (bicyclic) bond motifs is 1. The van der Waals surface area contributed by atoms with E-state index in [4.69, 9.17) is 9.15 Å². The monoisotopic (exact) mass is 333 g/mol. The third-order valence-corrected chi connectivity index (χ3v) is 6.50. The molecular weight excluding hydrogens is 314 g/mol. The molecule has 1 unspecified atom stereocenters. The molecule has 2 aromatic rings. The molecule has 1 aromatic heterocycles. The van der Waals surface area contributed by atoms with Crippen LogP contribution in [0.4, 0.5) is 0 Å². The molecule has 6 heteroatoms. The fourth-order valence-corrected chi connectivity index (χ4v) is 5.10. The predicted molar refractivity (Wildman–Crippen MR) is 84.2 cm³/mol. The third-order valence-electron chi connectivity index (χ3n) is 4.59. The van der Waals surface area contributed by atoms with E-state index in [-0.39, 0.29) is 6.04 Å². The van der Waals surface area contributed by atoms with Gasteiger partial charge >= 0.3 is 0 Å². The van der Waals surface area contributed by atoms with Crippen LogP contribution in [0.2, 0.25) is 0 Å². The third kappa shape index (κ3) is 2.51. The molecule has 0 N–H and O–H groups in total. The van der Waals surface area contributed by atoms with Gasteiger partial charge in [0.15, 0.2) is 0 Å². The Hall–Kier alpha value is -1.63. The van der Waals surface area contributed by atoms with Crippen LogP contribution in [0.5, 0.6) is 0 Å². The second-order valence-corrected chi connectivity index (χ2v) is 8.04. The summed E-state index contributed by atoms with van der Waals surface area (Å²) < 4.78 is 38.8. The predicted octanol–water partition coefficient (Wildman–Crippen LogP) is 3.14. The molecule has 0 radical (unpaired) electrons. The minimum atomic E-state index is -3.53. The van der Waals surface area contributed by atoms with E-state index in [0.717, 1.165) is 35.5 Å². The van der Waals surface area contributed by atoms with Gasteiger partial charge in [-0.05, 0) is 55.2 Å². The summed E-state index contributed by atoms with van der Waals surface area (Å²) in [6, 6.07) is 8.84. The molecule has 0 bridgehead atoms. The molecule has 0 amide bonds. The van der Waals surface area contributed by atoms with E-state index in [0.29, 0.717) is 24.7 Å². The van der Waals surface area contributed by atoms with Crippen molar-refractivity contribution in [3.8, 4) is 0 Å². The Kier molecular flexibility index (Phi) is 3.55. The lowest BCUT2D eigenvalue weighted by Crippen LogP contribution is -2.30. The fraction of sp³-hybridized carbons (Fsp3) is 0.412. The zero-order valence-corrected chi connectivity index (χ0v) is 13.8. The molecule has 3 heterocycles. The second kappa shape index (κ2) is 5.47. The minimum absolute atomic E-state index is 0.210. The zero-order chi connectivity index (χ0) is 16.0. The van der Waals surface area contributed by atoms with Gasteiger partial charge in [0.05, 0.1) is 24.2 Å². The van der Waals surface area contributed by atoms with Gasteiger partial charge in [-0.2, -0.15) is 4.31 Å². The first kappa shape index (κ1) is 14.9. The molecule has 122 valence electrons. The van der Waals surface area contributed by atoms with Crippen molar-refractivity contribution in [2.45, 2.75) is 43.9 Å². The SMILES string of the molecule is Cc1ccc(C2CCCN2S(=O)(=O)c2ccc3c(c2)COC3)o1. The number of benzene rings is 1. The van der Waals surface area contributed by atoms with E-state index < -0.39 is 10.0 Å². The summed E-state index contributed by atoms with van der Waals surface area (Å²) in [7, 11) is -3.53. The van der Waals surface area contributed by atoms with Gasteiger partial charge in [-0.1, -0.05) is 6.07 Å². The van der Waals surface area contributed by atoms with E-state index in [1.54, 1.807) is 16.4 Å². The van der Waals surface area contributed by atoms with Crippen LogP contribution in [0.3, 0.4) is 0 Å². The Bertz CT molecular complexity index is 840. The number of ether oxygens (including phenoxy) is 1. The number of hydrogen-bond donors (Lipinski definition) is 0. The Morgan fingerprint density at radius 1 is 1.13 bits per heavy atom. The van der Waals surface area contributed by atoms with Gasteiger partial charge < -0.3 is 9.15 Å². The molecule has 0 spiro atoms. The van der Waals surface area contributed by atoms with Crippen LogP contribution >= 0.6 is 0 Å². The van der Waals surface area contributed by atoms with E-state index >= 15 is 0 Å². The molecule has 4 rings (SSSR count). The van der Waals surface area contributed by atoms with Gasteiger partial charge in [-0.3, -0.25) is 0 Å². The van der Waals surface area contributed by atoms with E-state index in [2.05, 4.69) is 0 Å². The second-order valence-electron chi connectivity index (χ2n) is 6.15. The van der Waals surface area contributed by atoms with Crippen molar-refractivity contribution in [1.82, 2.24) is 4.31 Å². The minimum Gasteiger partial charge on any atom is -0.465 e. The molecule has 5 nitrogen and oxygen atoms in total. The first-order valence-electron chi connectivity index (χ1n) is 7.83. The smallest absolute Gasteiger partial charge is 0.243 e. The molecule has 1 fully saturated rings. The summed E-state index contributed by atoms with van der Waals surface area (Å²) in [5.41, 5.74) is 2.04. The number of aryl methyl sites for hydroxylation is 1. The molecule has 1 atom stereocenters. The van der Waals surface area contributed by atoms with Gasteiger partial charge in [-0.25, -0.2) is 8.42 Å². The lowest BCUT2D eigenvalue weighted by Gasteiger charge is -2.23. The van der Waals surface area contributed by atoms with Crippen molar-refractivity contribution in [2.75, 3.05) is 6.54 Å². The molecule has 1 aromatic carbocycles. The molecule has 2 aliphatic heterocycles. The van der Waals surface area contributed by atoms with Gasteiger partial charge in [0.2, 0.25) is 10.0 Å². The summed E-state index contributed by atoms with van der Waals surface area (Å²) in [4.78, 5) is 0.344. The van der Waals surface area contributed by atoms with Gasteiger partial charge in [0.25, 0.3) is 0 Å². The fourth-order valence-electron chi connectivity index (χ4n) is 3.39. The van der Waals surface area contributed by atoms with E-state index in [9.17, 15) is 8.42 Å². The first-order chi connectivity index (χ1) is 11.1. The summed E-state index contributed by atoms with van der Waals surface area (Å²) in [6.07, 6.45) is 1.64. The molecular formula is C17H19NO4S. The van der Waals surface area contributed by atoms with Crippen LogP contribution in [-0.4, -0.2) is 19.3 Å². The number of rotatable bonds is 3. The van der Waals surface area contributed by atoms with Gasteiger partial charge in [0, 0.05) is 6.54 Å². The van der Waals surface area contributed by atoms with Crippen LogP contribution in [-0.2, 0) is 28.0 Å². The highest BCUT2D eigenvalue weighted by atomic mass is 32.2. The standard InChI is InChI=1S/C17H19NO4S/c1-12-4-7-17(22-12)16-3-2-8-18(16)23(19,20)15-6-5-13-10-21-11-14(13)9-15/h4-7,9,16H,2-3,8,10-11H2,1H3. The van der Waals surface area contributed by atoms with Crippen LogP contribution in [0.25, 0.3) is 0 Å². The van der Waals surface area contributed by atoms with E-state index in [1.165, 1.54) is 0 Å². The van der Waals surface area contributed by atoms with Crippen LogP contribution in [0, 0.1) is 6.92 Å². The van der Waals surface area contributed by atoms with E-state index in [1.807, 2.05) is 25.1 Å². The lowest BCUT2D eigenvalue weighted by atomic mass is 10.1. The molecule has 0 aliphatic carbocycles. The zero-order valence-electron chi connectivity index (χ0n) is 13.0. The molecule has 0 saturated carbocycles. The van der Waals surface area contributed by atoms with Crippen LogP contribution < -0.4 is 0 Å². The Balaban J connectivity index is 1.70. The topological polar surface area (TPSA) is 59.8 Å². The van der Waals surface area contributed by atoms with Crippen molar-refractivity contribution < 1.29 is 17.6 Å². The molecule has 2 aliphatic rings. The van der Waals surface area contributed by atoms with Gasteiger partial charge in [-0.15, -0.1) is 0 Å². The number of sulfonamides is 1. The summed E-state index contributed by atoms with van der Waals surface area (Å²) in [6.45, 7) is 3.45. The maximum atomic E-state index is 13.1. The Morgan fingerprint density at radius 2 is 1.96 bits per heavy atom. The average Bonchev–Trinajstić information content (AvgIpc) is 3.26. The normalized spacial score (nSPS) is 21.7. The quantitative estimate of drug-likeness (QED) is 0.866. The van der Waals surface area contributed by atoms with Crippen molar-refractivity contribution in [3.63, 3.8) is 0 Å². The maximum absolute atomic E-state index is 13.1. The number of hydrogen-bond acceptors (Lipinski definition) is 4. The summed E-state index contributed by atoms with van der Waals surface area (Å²) in [5, 5.41) is 0. The number of nitrogens with zero attached hydrogens (tertiary/aromatic N) is 1. The van der Waals surface area contributed by atoms with Crippen molar-refractivity contribution in [3.05, 3.63) is 53.0 Å². The van der Waals surface area contributed by atoms with Crippen molar-refractivity contribution in [2.24, 2.45) is 0 Å². The number of furan rings is 1.